The molecule has 0 amide bonds. The molecule has 0 spiro atoms. The van der Waals surface area contributed by atoms with E-state index in [0.29, 0.717) is 6.04 Å². The fraction of sp³-hybridized carbons (Fsp3) is 0.438. The lowest BCUT2D eigenvalue weighted by atomic mass is 10.2. The first kappa shape index (κ1) is 14.8. The minimum Gasteiger partial charge on any atom is -0.360 e. The monoisotopic (exact) mass is 349 g/mol. The van der Waals surface area contributed by atoms with Gasteiger partial charge in [-0.3, -0.25) is 4.90 Å². The molecule has 0 radical (unpaired) electrons. The van der Waals surface area contributed by atoms with E-state index in [1.54, 1.807) is 0 Å². The van der Waals surface area contributed by atoms with E-state index in [4.69, 9.17) is 4.52 Å². The van der Waals surface area contributed by atoms with Gasteiger partial charge in [-0.25, -0.2) is 0 Å². The summed E-state index contributed by atoms with van der Waals surface area (Å²) < 4.78 is 6.51. The zero-order valence-electron chi connectivity index (χ0n) is 12.2. The van der Waals surface area contributed by atoms with Crippen molar-refractivity contribution >= 4 is 15.9 Å². The molecule has 0 atom stereocenters. The molecule has 1 heterocycles. The van der Waals surface area contributed by atoms with E-state index >= 15 is 0 Å². The maximum atomic E-state index is 5.41. The van der Waals surface area contributed by atoms with Crippen molar-refractivity contribution in [2.75, 3.05) is 7.05 Å². The van der Waals surface area contributed by atoms with Crippen molar-refractivity contribution < 1.29 is 4.52 Å². The lowest BCUT2D eigenvalue weighted by molar-refractivity contribution is 0.265. The van der Waals surface area contributed by atoms with E-state index in [2.05, 4.69) is 62.6 Å². The summed E-state index contributed by atoms with van der Waals surface area (Å²) in [6.07, 6.45) is 2.58. The molecule has 1 aromatic heterocycles. The smallest absolute Gasteiger partial charge is 0.151 e. The van der Waals surface area contributed by atoms with Crippen molar-refractivity contribution in [1.29, 1.82) is 0 Å². The predicted octanol–water partition coefficient (Wildman–Crippen LogP) is 3.32. The molecule has 0 unspecified atom stereocenters. The van der Waals surface area contributed by atoms with Crippen molar-refractivity contribution in [3.05, 3.63) is 51.8 Å². The molecule has 1 aliphatic carbocycles. The van der Waals surface area contributed by atoms with E-state index in [9.17, 15) is 0 Å². The third-order valence-electron chi connectivity index (χ3n) is 3.55. The number of nitrogens with one attached hydrogen (secondary N) is 1. The summed E-state index contributed by atoms with van der Waals surface area (Å²) in [5.41, 5.74) is 2.28. The Bertz CT molecular complexity index is 577. The quantitative estimate of drug-likeness (QED) is 0.832. The number of aromatic nitrogens is 1. The van der Waals surface area contributed by atoms with E-state index < -0.39 is 0 Å². The highest BCUT2D eigenvalue weighted by Crippen LogP contribution is 2.19. The van der Waals surface area contributed by atoms with Crippen LogP contribution in [-0.2, 0) is 19.6 Å². The molecule has 1 aliphatic rings. The lowest BCUT2D eigenvalue weighted by Crippen LogP contribution is -2.17. The highest BCUT2D eigenvalue weighted by atomic mass is 79.9. The van der Waals surface area contributed by atoms with Crippen LogP contribution < -0.4 is 5.32 Å². The van der Waals surface area contributed by atoms with Crippen molar-refractivity contribution in [2.45, 2.75) is 38.5 Å². The van der Waals surface area contributed by atoms with Crippen LogP contribution >= 0.6 is 15.9 Å². The Morgan fingerprint density at radius 2 is 2.05 bits per heavy atom. The molecule has 0 saturated heterocycles. The number of benzene rings is 1. The van der Waals surface area contributed by atoms with Crippen LogP contribution in [0.15, 0.2) is 39.3 Å². The first-order valence-corrected chi connectivity index (χ1v) is 8.09. The number of hydrogen-bond acceptors (Lipinski definition) is 4. The van der Waals surface area contributed by atoms with Gasteiger partial charge in [0.05, 0.1) is 12.2 Å². The van der Waals surface area contributed by atoms with Gasteiger partial charge in [0.25, 0.3) is 0 Å². The van der Waals surface area contributed by atoms with Gasteiger partial charge in [0.15, 0.2) is 5.76 Å². The average Bonchev–Trinajstić information content (AvgIpc) is 3.19. The molecule has 112 valence electrons. The summed E-state index contributed by atoms with van der Waals surface area (Å²) in [5, 5.41) is 7.56. The molecule has 0 bridgehead atoms. The SMILES string of the molecule is CN(Cc1ccc(Br)cc1)Cc1cc(CNC2CC2)no1. The van der Waals surface area contributed by atoms with Gasteiger partial charge in [-0.2, -0.15) is 0 Å². The van der Waals surface area contributed by atoms with Gasteiger partial charge in [-0.1, -0.05) is 33.2 Å². The Balaban J connectivity index is 1.49. The van der Waals surface area contributed by atoms with Crippen LogP contribution in [-0.4, -0.2) is 23.1 Å². The molecular formula is C16H20BrN3O. The average molecular weight is 350 g/mol. The lowest BCUT2D eigenvalue weighted by Gasteiger charge is -2.14. The minimum atomic E-state index is 0.699. The van der Waals surface area contributed by atoms with Gasteiger partial charge in [0.1, 0.15) is 0 Å². The minimum absolute atomic E-state index is 0.699. The van der Waals surface area contributed by atoms with Crippen LogP contribution in [0, 0.1) is 0 Å². The van der Waals surface area contributed by atoms with Crippen LogP contribution in [0.4, 0.5) is 0 Å². The molecule has 4 nitrogen and oxygen atoms in total. The van der Waals surface area contributed by atoms with Crippen LogP contribution in [0.1, 0.15) is 29.9 Å². The zero-order valence-corrected chi connectivity index (χ0v) is 13.8. The third-order valence-corrected chi connectivity index (χ3v) is 4.08. The summed E-state index contributed by atoms with van der Waals surface area (Å²) in [4.78, 5) is 2.22. The topological polar surface area (TPSA) is 41.3 Å². The fourth-order valence-corrected chi connectivity index (χ4v) is 2.54. The summed E-state index contributed by atoms with van der Waals surface area (Å²) in [6.45, 7) is 2.47. The summed E-state index contributed by atoms with van der Waals surface area (Å²) in [6, 6.07) is 11.1. The maximum absolute atomic E-state index is 5.41. The second-order valence-corrected chi connectivity index (χ2v) is 6.65. The van der Waals surface area contributed by atoms with Gasteiger partial charge in [-0.05, 0) is 37.6 Å². The van der Waals surface area contributed by atoms with Crippen molar-refractivity contribution in [3.63, 3.8) is 0 Å². The molecule has 2 aromatic rings. The fourth-order valence-electron chi connectivity index (χ4n) is 2.27. The molecule has 21 heavy (non-hydrogen) atoms. The molecule has 1 fully saturated rings. The van der Waals surface area contributed by atoms with E-state index in [1.807, 2.05) is 6.07 Å². The Labute approximate surface area is 133 Å². The third kappa shape index (κ3) is 4.66. The summed E-state index contributed by atoms with van der Waals surface area (Å²) >= 11 is 3.45. The summed E-state index contributed by atoms with van der Waals surface area (Å²) in [7, 11) is 2.09. The normalized spacial score (nSPS) is 14.8. The maximum Gasteiger partial charge on any atom is 0.151 e. The van der Waals surface area contributed by atoms with E-state index in [1.165, 1.54) is 18.4 Å². The Hall–Kier alpha value is -1.17. The molecule has 0 aliphatic heterocycles. The van der Waals surface area contributed by atoms with Crippen LogP contribution in [0.25, 0.3) is 0 Å². The Morgan fingerprint density at radius 1 is 1.29 bits per heavy atom. The highest BCUT2D eigenvalue weighted by Gasteiger charge is 2.20. The standard InChI is InChI=1S/C16H20BrN3O/c1-20(10-12-2-4-13(17)5-3-12)11-16-8-15(19-21-16)9-18-14-6-7-14/h2-5,8,14,18H,6-7,9-11H2,1H3. The Morgan fingerprint density at radius 3 is 2.76 bits per heavy atom. The number of halogens is 1. The molecule has 3 rings (SSSR count). The number of hydrogen-bond donors (Lipinski definition) is 1. The van der Waals surface area contributed by atoms with Crippen LogP contribution in [0.5, 0.6) is 0 Å². The second kappa shape index (κ2) is 6.73. The highest BCUT2D eigenvalue weighted by molar-refractivity contribution is 9.10. The van der Waals surface area contributed by atoms with E-state index in [-0.39, 0.29) is 0 Å². The van der Waals surface area contributed by atoms with Gasteiger partial charge in [-0.15, -0.1) is 0 Å². The summed E-state index contributed by atoms with van der Waals surface area (Å²) in [5.74, 6) is 0.919. The van der Waals surface area contributed by atoms with Crippen LogP contribution in [0.2, 0.25) is 0 Å². The van der Waals surface area contributed by atoms with Gasteiger partial charge in [0, 0.05) is 29.7 Å². The van der Waals surface area contributed by atoms with Crippen molar-refractivity contribution in [2.24, 2.45) is 0 Å². The number of rotatable bonds is 7. The van der Waals surface area contributed by atoms with Gasteiger partial charge in [0.2, 0.25) is 0 Å². The van der Waals surface area contributed by atoms with Gasteiger partial charge >= 0.3 is 0 Å². The first-order chi connectivity index (χ1) is 10.2. The van der Waals surface area contributed by atoms with Crippen molar-refractivity contribution in [1.82, 2.24) is 15.4 Å². The van der Waals surface area contributed by atoms with Gasteiger partial charge < -0.3 is 9.84 Å². The van der Waals surface area contributed by atoms with E-state index in [0.717, 1.165) is 35.6 Å². The predicted molar refractivity (Wildman–Crippen MR) is 85.7 cm³/mol. The number of nitrogens with zero attached hydrogens (tertiary/aromatic N) is 2. The second-order valence-electron chi connectivity index (χ2n) is 5.74. The molecule has 1 saturated carbocycles. The zero-order chi connectivity index (χ0) is 14.7. The largest absolute Gasteiger partial charge is 0.360 e. The Kier molecular flexibility index (Phi) is 4.73. The first-order valence-electron chi connectivity index (χ1n) is 7.30. The van der Waals surface area contributed by atoms with Crippen LogP contribution in [0.3, 0.4) is 0 Å². The molecule has 1 N–H and O–H groups in total. The molecule has 1 aromatic carbocycles. The molecule has 5 heteroatoms. The van der Waals surface area contributed by atoms with Crippen molar-refractivity contribution in [3.8, 4) is 0 Å². The molecular weight excluding hydrogens is 330 g/mol.